The monoisotopic (exact) mass is 399 g/mol. The van der Waals surface area contributed by atoms with E-state index in [1.807, 2.05) is 24.3 Å². The maximum absolute atomic E-state index is 12.5. The summed E-state index contributed by atoms with van der Waals surface area (Å²) in [7, 11) is 3.04. The summed E-state index contributed by atoms with van der Waals surface area (Å²) in [5.74, 6) is 0.952. The normalized spacial score (nSPS) is 10.8. The van der Waals surface area contributed by atoms with E-state index in [1.54, 1.807) is 30.0 Å². The Morgan fingerprint density at radius 3 is 2.57 bits per heavy atom. The molecule has 0 fully saturated rings. The number of hydrogen-bond acceptors (Lipinski definition) is 7. The second kappa shape index (κ2) is 8.79. The topological polar surface area (TPSA) is 86.5 Å². The number of carbonyl (C=O) groups excluding carboxylic acids is 1. The summed E-state index contributed by atoms with van der Waals surface area (Å²) in [4.78, 5) is 13.6. The van der Waals surface area contributed by atoms with Gasteiger partial charge in [0.1, 0.15) is 0 Å². The first kappa shape index (κ1) is 19.8. The second-order valence-electron chi connectivity index (χ2n) is 6.13. The molecule has 0 bridgehead atoms. The average Bonchev–Trinajstić information content (AvgIpc) is 3.15. The molecule has 1 heterocycles. The van der Waals surface area contributed by atoms with Crippen molar-refractivity contribution in [3.05, 3.63) is 48.0 Å². The highest BCUT2D eigenvalue weighted by molar-refractivity contribution is 7.99. The highest BCUT2D eigenvalue weighted by Gasteiger charge is 2.15. The van der Waals surface area contributed by atoms with E-state index in [2.05, 4.69) is 29.4 Å². The van der Waals surface area contributed by atoms with Gasteiger partial charge >= 0.3 is 6.01 Å². The zero-order valence-electron chi connectivity index (χ0n) is 16.1. The molecule has 7 nitrogen and oxygen atoms in total. The highest BCUT2D eigenvalue weighted by atomic mass is 32.2. The fraction of sp³-hybridized carbons (Fsp3) is 0.250. The van der Waals surface area contributed by atoms with Gasteiger partial charge in [0.05, 0.1) is 14.2 Å². The van der Waals surface area contributed by atoms with Crippen LogP contribution in [0.5, 0.6) is 11.5 Å². The van der Waals surface area contributed by atoms with Crippen LogP contribution in [-0.2, 0) is 0 Å². The van der Waals surface area contributed by atoms with Crippen molar-refractivity contribution in [2.75, 3.05) is 19.5 Å². The summed E-state index contributed by atoms with van der Waals surface area (Å²) in [6, 6.07) is 12.7. The predicted octanol–water partition coefficient (Wildman–Crippen LogP) is 4.51. The van der Waals surface area contributed by atoms with Gasteiger partial charge in [0, 0.05) is 21.3 Å². The number of anilines is 1. The average molecular weight is 399 g/mol. The van der Waals surface area contributed by atoms with Crippen LogP contribution in [0.15, 0.2) is 51.8 Å². The van der Waals surface area contributed by atoms with Crippen molar-refractivity contribution >= 4 is 23.7 Å². The largest absolute Gasteiger partial charge is 0.493 e. The maximum Gasteiger partial charge on any atom is 0.322 e. The van der Waals surface area contributed by atoms with E-state index in [9.17, 15) is 4.79 Å². The maximum atomic E-state index is 12.5. The van der Waals surface area contributed by atoms with Crippen molar-refractivity contribution in [2.24, 2.45) is 0 Å². The molecule has 0 aliphatic rings. The number of aromatic nitrogens is 2. The molecule has 146 valence electrons. The number of nitrogens with one attached hydrogen (secondary N) is 1. The third-order valence-electron chi connectivity index (χ3n) is 3.74. The first-order chi connectivity index (χ1) is 13.5. The van der Waals surface area contributed by atoms with Gasteiger partial charge in [-0.3, -0.25) is 10.1 Å². The van der Waals surface area contributed by atoms with Gasteiger partial charge in [0.15, 0.2) is 11.5 Å². The number of nitrogens with zero attached hydrogens (tertiary/aromatic N) is 2. The van der Waals surface area contributed by atoms with Gasteiger partial charge < -0.3 is 13.9 Å². The number of rotatable bonds is 7. The van der Waals surface area contributed by atoms with Gasteiger partial charge in [0.25, 0.3) is 5.91 Å². The molecule has 28 heavy (non-hydrogen) atoms. The highest BCUT2D eigenvalue weighted by Crippen LogP contribution is 2.29. The molecule has 0 saturated carbocycles. The molecule has 1 N–H and O–H groups in total. The molecule has 8 heteroatoms. The van der Waals surface area contributed by atoms with E-state index in [0.29, 0.717) is 28.2 Å². The van der Waals surface area contributed by atoms with Crippen LogP contribution in [0.3, 0.4) is 0 Å². The summed E-state index contributed by atoms with van der Waals surface area (Å²) in [5.41, 5.74) is 1.18. The number of amides is 1. The second-order valence-corrected chi connectivity index (χ2v) is 7.78. The number of carbonyl (C=O) groups is 1. The van der Waals surface area contributed by atoms with Crippen LogP contribution >= 0.6 is 11.8 Å². The van der Waals surface area contributed by atoms with Crippen molar-refractivity contribution < 1.29 is 18.7 Å². The van der Waals surface area contributed by atoms with Crippen LogP contribution in [0, 0.1) is 0 Å². The first-order valence-corrected chi connectivity index (χ1v) is 9.52. The summed E-state index contributed by atoms with van der Waals surface area (Å²) < 4.78 is 16.0. The number of methoxy groups -OCH3 is 2. The van der Waals surface area contributed by atoms with Crippen molar-refractivity contribution in [2.45, 2.75) is 24.0 Å². The quantitative estimate of drug-likeness (QED) is 0.585. The van der Waals surface area contributed by atoms with Crippen LogP contribution in [0.4, 0.5) is 6.01 Å². The van der Waals surface area contributed by atoms with E-state index in [4.69, 9.17) is 13.9 Å². The predicted molar refractivity (Wildman–Crippen MR) is 108 cm³/mol. The Balaban J connectivity index is 1.75. The van der Waals surface area contributed by atoms with E-state index in [0.717, 1.165) is 10.5 Å². The molecule has 0 unspecified atom stereocenters. The standard InChI is InChI=1S/C20H21N3O4S/c1-12(2)28-15-7-5-6-14(10-15)19-22-23-20(27-19)21-18(24)13-8-9-16(25-3)17(11-13)26-4/h5-12H,1-4H3,(H,21,23,24). The number of hydrogen-bond donors (Lipinski definition) is 1. The van der Waals surface area contributed by atoms with E-state index >= 15 is 0 Å². The summed E-state index contributed by atoms with van der Waals surface area (Å²) in [6.45, 7) is 4.26. The zero-order valence-corrected chi connectivity index (χ0v) is 16.9. The lowest BCUT2D eigenvalue weighted by atomic mass is 10.2. The Kier molecular flexibility index (Phi) is 6.20. The smallest absolute Gasteiger partial charge is 0.322 e. The minimum Gasteiger partial charge on any atom is -0.493 e. The third kappa shape index (κ3) is 4.64. The minimum absolute atomic E-state index is 0.0247. The lowest BCUT2D eigenvalue weighted by molar-refractivity contribution is 0.102. The molecule has 0 radical (unpaired) electrons. The van der Waals surface area contributed by atoms with Gasteiger partial charge in [-0.2, -0.15) is 0 Å². The van der Waals surface area contributed by atoms with E-state index in [1.165, 1.54) is 14.2 Å². The van der Waals surface area contributed by atoms with E-state index < -0.39 is 0 Å². The fourth-order valence-electron chi connectivity index (χ4n) is 2.51. The molecule has 0 saturated heterocycles. The molecule has 0 atom stereocenters. The molecule has 1 aromatic heterocycles. The molecule has 0 aliphatic heterocycles. The van der Waals surface area contributed by atoms with Crippen LogP contribution in [-0.4, -0.2) is 35.6 Å². The van der Waals surface area contributed by atoms with Gasteiger partial charge in [-0.15, -0.1) is 16.9 Å². The Labute approximate surface area is 167 Å². The Hall–Kier alpha value is -3.00. The van der Waals surface area contributed by atoms with Crippen LogP contribution < -0.4 is 14.8 Å². The lowest BCUT2D eigenvalue weighted by Crippen LogP contribution is -2.12. The minimum atomic E-state index is -0.389. The van der Waals surface area contributed by atoms with Gasteiger partial charge in [-0.1, -0.05) is 25.0 Å². The van der Waals surface area contributed by atoms with Crippen molar-refractivity contribution in [1.82, 2.24) is 10.2 Å². The summed E-state index contributed by atoms with van der Waals surface area (Å²) >= 11 is 1.75. The molecule has 0 aliphatic carbocycles. The van der Waals surface area contributed by atoms with E-state index in [-0.39, 0.29) is 11.9 Å². The summed E-state index contributed by atoms with van der Waals surface area (Å²) in [5, 5.41) is 11.0. The zero-order chi connectivity index (χ0) is 20.1. The Bertz CT molecular complexity index is 972. The van der Waals surface area contributed by atoms with Crippen molar-refractivity contribution in [1.29, 1.82) is 0 Å². The van der Waals surface area contributed by atoms with Crippen LogP contribution in [0.1, 0.15) is 24.2 Å². The summed E-state index contributed by atoms with van der Waals surface area (Å²) in [6.07, 6.45) is 0. The number of thioether (sulfide) groups is 1. The van der Waals surface area contributed by atoms with Crippen LogP contribution in [0.2, 0.25) is 0 Å². The Morgan fingerprint density at radius 2 is 1.86 bits per heavy atom. The fourth-order valence-corrected chi connectivity index (χ4v) is 3.41. The Morgan fingerprint density at radius 1 is 1.07 bits per heavy atom. The van der Waals surface area contributed by atoms with Gasteiger partial charge in [-0.05, 0) is 36.4 Å². The van der Waals surface area contributed by atoms with Crippen molar-refractivity contribution in [3.8, 4) is 23.0 Å². The third-order valence-corrected chi connectivity index (χ3v) is 4.74. The lowest BCUT2D eigenvalue weighted by Gasteiger charge is -2.08. The first-order valence-electron chi connectivity index (χ1n) is 8.64. The van der Waals surface area contributed by atoms with Gasteiger partial charge in [-0.25, -0.2) is 0 Å². The molecule has 3 rings (SSSR count). The number of ether oxygens (including phenoxy) is 2. The SMILES string of the molecule is COc1ccc(C(=O)Nc2nnc(-c3cccc(SC(C)C)c3)o2)cc1OC. The van der Waals surface area contributed by atoms with Crippen molar-refractivity contribution in [3.63, 3.8) is 0 Å². The van der Waals surface area contributed by atoms with Gasteiger partial charge in [0.2, 0.25) is 5.89 Å². The molecular weight excluding hydrogens is 378 g/mol. The van der Waals surface area contributed by atoms with Crippen LogP contribution in [0.25, 0.3) is 11.5 Å². The molecule has 0 spiro atoms. The number of benzene rings is 2. The molecular formula is C20H21N3O4S. The molecule has 3 aromatic rings. The molecule has 2 aromatic carbocycles. The molecule has 1 amide bonds.